The van der Waals surface area contributed by atoms with Gasteiger partial charge in [-0.25, -0.2) is 9.59 Å². The molecule has 0 amide bonds. The van der Waals surface area contributed by atoms with Crippen molar-refractivity contribution in [1.29, 1.82) is 0 Å². The van der Waals surface area contributed by atoms with Crippen LogP contribution in [0.3, 0.4) is 0 Å². The van der Waals surface area contributed by atoms with E-state index in [1.54, 1.807) is 0 Å². The molecule has 1 unspecified atom stereocenters. The second kappa shape index (κ2) is 12.4. The summed E-state index contributed by atoms with van der Waals surface area (Å²) in [5.41, 5.74) is 1.21. The van der Waals surface area contributed by atoms with Gasteiger partial charge in [0, 0.05) is 31.7 Å². The molecule has 0 aromatic heterocycles. The van der Waals surface area contributed by atoms with Gasteiger partial charge in [-0.3, -0.25) is 4.90 Å². The standard InChI is InChI=1S/C18H30N2O3.C2H2O4/c1-15-5-4-6-17(11-15)23-13-16(21)12-19-14-18(2,3)20-7-9-22-10-8-20;3-1(4)2(5)6/h4-6,11,16,19,21H,7-10,12-14H2,1-3H3;(H,3,4)(H,5,6). The molecule has 1 aromatic rings. The van der Waals surface area contributed by atoms with E-state index in [4.69, 9.17) is 29.3 Å². The van der Waals surface area contributed by atoms with Crippen LogP contribution in [-0.4, -0.2) is 89.8 Å². The van der Waals surface area contributed by atoms with Crippen LogP contribution in [0.1, 0.15) is 19.4 Å². The lowest BCUT2D eigenvalue weighted by Gasteiger charge is -2.41. The van der Waals surface area contributed by atoms with Crippen LogP contribution >= 0.6 is 0 Å². The Hall–Kier alpha value is -2.20. The summed E-state index contributed by atoms with van der Waals surface area (Å²) in [6.07, 6.45) is -0.518. The molecule has 1 aliphatic rings. The molecule has 1 saturated heterocycles. The van der Waals surface area contributed by atoms with E-state index >= 15 is 0 Å². The van der Waals surface area contributed by atoms with Crippen LogP contribution in [-0.2, 0) is 14.3 Å². The third-order valence-corrected chi connectivity index (χ3v) is 4.42. The average molecular weight is 412 g/mol. The number of carboxylic acids is 2. The molecular formula is C20H32N2O7. The zero-order chi connectivity index (χ0) is 21.9. The number of nitrogens with zero attached hydrogens (tertiary/aromatic N) is 1. The van der Waals surface area contributed by atoms with Crippen molar-refractivity contribution >= 4 is 11.9 Å². The zero-order valence-corrected chi connectivity index (χ0v) is 17.3. The number of nitrogens with one attached hydrogen (secondary N) is 1. The van der Waals surface area contributed by atoms with Crippen LogP contribution in [0.2, 0.25) is 0 Å². The van der Waals surface area contributed by atoms with Crippen molar-refractivity contribution in [2.45, 2.75) is 32.4 Å². The summed E-state index contributed by atoms with van der Waals surface area (Å²) in [4.78, 5) is 20.6. The van der Waals surface area contributed by atoms with Crippen LogP contribution in [0.15, 0.2) is 24.3 Å². The summed E-state index contributed by atoms with van der Waals surface area (Å²) >= 11 is 0. The summed E-state index contributed by atoms with van der Waals surface area (Å²) in [7, 11) is 0. The number of carbonyl (C=O) groups is 2. The number of aliphatic hydroxyl groups is 1. The SMILES string of the molecule is Cc1cccc(OCC(O)CNCC(C)(C)N2CCOCC2)c1.O=C(O)C(=O)O. The molecule has 9 nitrogen and oxygen atoms in total. The normalized spacial score (nSPS) is 15.7. The lowest BCUT2D eigenvalue weighted by Crippen LogP contribution is -2.55. The fourth-order valence-electron chi connectivity index (χ4n) is 2.78. The number of aliphatic carboxylic acids is 2. The Labute approximate surface area is 171 Å². The van der Waals surface area contributed by atoms with E-state index in [-0.39, 0.29) is 5.54 Å². The maximum Gasteiger partial charge on any atom is 0.414 e. The van der Waals surface area contributed by atoms with Crippen molar-refractivity contribution in [3.8, 4) is 5.75 Å². The van der Waals surface area contributed by atoms with E-state index < -0.39 is 18.0 Å². The van der Waals surface area contributed by atoms with E-state index in [1.165, 1.54) is 0 Å². The maximum atomic E-state index is 10.1. The van der Waals surface area contributed by atoms with Gasteiger partial charge < -0.3 is 30.1 Å². The first-order chi connectivity index (χ1) is 13.6. The summed E-state index contributed by atoms with van der Waals surface area (Å²) in [5.74, 6) is -2.84. The largest absolute Gasteiger partial charge is 0.491 e. The Morgan fingerprint density at radius 3 is 2.41 bits per heavy atom. The zero-order valence-electron chi connectivity index (χ0n) is 17.3. The highest BCUT2D eigenvalue weighted by Gasteiger charge is 2.27. The fraction of sp³-hybridized carbons (Fsp3) is 0.600. The van der Waals surface area contributed by atoms with Crippen LogP contribution < -0.4 is 10.1 Å². The molecule has 164 valence electrons. The monoisotopic (exact) mass is 412 g/mol. The van der Waals surface area contributed by atoms with Gasteiger partial charge in [-0.1, -0.05) is 12.1 Å². The summed E-state index contributed by atoms with van der Waals surface area (Å²) < 4.78 is 11.0. The summed E-state index contributed by atoms with van der Waals surface area (Å²) in [5, 5.41) is 28.2. The molecule has 9 heteroatoms. The third-order valence-electron chi connectivity index (χ3n) is 4.42. The molecule has 0 radical (unpaired) electrons. The van der Waals surface area contributed by atoms with Crippen molar-refractivity contribution in [2.75, 3.05) is 46.0 Å². The number of rotatable bonds is 8. The highest BCUT2D eigenvalue weighted by molar-refractivity contribution is 6.27. The lowest BCUT2D eigenvalue weighted by molar-refractivity contribution is -0.159. The van der Waals surface area contributed by atoms with Gasteiger partial charge in [0.15, 0.2) is 0 Å². The molecule has 1 fully saturated rings. The number of ether oxygens (including phenoxy) is 2. The third kappa shape index (κ3) is 10.2. The Morgan fingerprint density at radius 2 is 1.86 bits per heavy atom. The maximum absolute atomic E-state index is 10.1. The van der Waals surface area contributed by atoms with Crippen LogP contribution in [0.25, 0.3) is 0 Å². The molecule has 4 N–H and O–H groups in total. The van der Waals surface area contributed by atoms with Gasteiger partial charge in [0.2, 0.25) is 0 Å². The number of aliphatic hydroxyl groups excluding tert-OH is 1. The first kappa shape index (κ1) is 24.8. The highest BCUT2D eigenvalue weighted by atomic mass is 16.5. The van der Waals surface area contributed by atoms with E-state index in [0.29, 0.717) is 13.2 Å². The average Bonchev–Trinajstić information content (AvgIpc) is 2.67. The van der Waals surface area contributed by atoms with E-state index in [9.17, 15) is 5.11 Å². The fourth-order valence-corrected chi connectivity index (χ4v) is 2.78. The molecular weight excluding hydrogens is 380 g/mol. The van der Waals surface area contributed by atoms with Crippen molar-refractivity contribution in [3.63, 3.8) is 0 Å². The van der Waals surface area contributed by atoms with Gasteiger partial charge in [-0.2, -0.15) is 0 Å². The number of morpholine rings is 1. The van der Waals surface area contributed by atoms with Crippen LogP contribution in [0, 0.1) is 6.92 Å². The molecule has 1 heterocycles. The minimum absolute atomic E-state index is 0.0564. The topological polar surface area (TPSA) is 129 Å². The van der Waals surface area contributed by atoms with E-state index in [0.717, 1.165) is 44.2 Å². The van der Waals surface area contributed by atoms with E-state index in [2.05, 4.69) is 24.1 Å². The molecule has 2 rings (SSSR count). The minimum Gasteiger partial charge on any atom is -0.491 e. The van der Waals surface area contributed by atoms with Gasteiger partial charge in [0.1, 0.15) is 18.5 Å². The van der Waals surface area contributed by atoms with E-state index in [1.807, 2.05) is 31.2 Å². The smallest absolute Gasteiger partial charge is 0.414 e. The Balaban J connectivity index is 0.000000612. The summed E-state index contributed by atoms with van der Waals surface area (Å²) in [6.45, 7) is 11.7. The predicted octanol–water partition coefficient (Wildman–Crippen LogP) is 0.591. The first-order valence-corrected chi connectivity index (χ1v) is 9.49. The Bertz CT molecular complexity index is 633. The number of hydrogen-bond donors (Lipinski definition) is 4. The van der Waals surface area contributed by atoms with Crippen LogP contribution in [0.5, 0.6) is 5.75 Å². The van der Waals surface area contributed by atoms with Crippen molar-refractivity contribution in [1.82, 2.24) is 10.2 Å². The molecule has 1 atom stereocenters. The summed E-state index contributed by atoms with van der Waals surface area (Å²) in [6, 6.07) is 7.87. The molecule has 1 aliphatic heterocycles. The molecule has 29 heavy (non-hydrogen) atoms. The quantitative estimate of drug-likeness (QED) is 0.453. The second-order valence-corrected chi connectivity index (χ2v) is 7.43. The second-order valence-electron chi connectivity index (χ2n) is 7.43. The van der Waals surface area contributed by atoms with Crippen LogP contribution in [0.4, 0.5) is 0 Å². The first-order valence-electron chi connectivity index (χ1n) is 9.49. The number of carboxylic acid groups (broad SMARTS) is 2. The van der Waals surface area contributed by atoms with Crippen molar-refractivity contribution < 1.29 is 34.4 Å². The molecule has 0 spiro atoms. The molecule has 0 aliphatic carbocycles. The van der Waals surface area contributed by atoms with Gasteiger partial charge in [0.05, 0.1) is 13.2 Å². The van der Waals surface area contributed by atoms with Gasteiger partial charge in [0.25, 0.3) is 0 Å². The van der Waals surface area contributed by atoms with Gasteiger partial charge in [-0.05, 0) is 38.5 Å². The highest BCUT2D eigenvalue weighted by Crippen LogP contribution is 2.15. The Kier molecular flexibility index (Phi) is 10.6. The van der Waals surface area contributed by atoms with Gasteiger partial charge >= 0.3 is 11.9 Å². The molecule has 1 aromatic carbocycles. The molecule has 0 saturated carbocycles. The number of aryl methyl sites for hydroxylation is 1. The number of hydrogen-bond acceptors (Lipinski definition) is 7. The van der Waals surface area contributed by atoms with Crippen molar-refractivity contribution in [2.24, 2.45) is 0 Å². The van der Waals surface area contributed by atoms with Gasteiger partial charge in [-0.15, -0.1) is 0 Å². The predicted molar refractivity (Wildman–Crippen MR) is 107 cm³/mol. The minimum atomic E-state index is -1.82. The Morgan fingerprint density at radius 1 is 1.24 bits per heavy atom. The number of benzene rings is 1. The molecule has 0 bridgehead atoms. The lowest BCUT2D eigenvalue weighted by atomic mass is 10.0. The van der Waals surface area contributed by atoms with Crippen molar-refractivity contribution in [3.05, 3.63) is 29.8 Å².